The van der Waals surface area contributed by atoms with Crippen molar-refractivity contribution in [3.63, 3.8) is 0 Å². The quantitative estimate of drug-likeness (QED) is 0.144. The zero-order valence-electron chi connectivity index (χ0n) is 25.1. The first-order valence-corrected chi connectivity index (χ1v) is 18.5. The van der Waals surface area contributed by atoms with Crippen LogP contribution in [-0.2, 0) is 31.9 Å². The molecule has 0 bridgehead atoms. The average Bonchev–Trinajstić information content (AvgIpc) is 3.74. The molecule has 244 valence electrons. The number of benzene rings is 4. The molecular weight excluding hydrogens is 660 g/mol. The maximum absolute atomic E-state index is 12.1. The smallest absolute Gasteiger partial charge is 0.234 e. The molecule has 0 spiro atoms. The highest BCUT2D eigenvalue weighted by molar-refractivity contribution is 8.13. The van der Waals surface area contributed by atoms with Crippen LogP contribution in [0.25, 0.3) is 22.6 Å². The molecule has 6 rings (SSSR count). The van der Waals surface area contributed by atoms with Gasteiger partial charge in [0, 0.05) is 33.9 Å². The number of halogens is 1. The van der Waals surface area contributed by atoms with Crippen LogP contribution in [0.5, 0.6) is 0 Å². The minimum Gasteiger partial charge on any atom is -0.381 e. The van der Waals surface area contributed by atoms with E-state index < -0.39 is 19.1 Å². The lowest BCUT2D eigenvalue weighted by molar-refractivity contribution is 0.435. The number of rotatable bonds is 10. The van der Waals surface area contributed by atoms with Crippen LogP contribution in [0.1, 0.15) is 11.1 Å². The summed E-state index contributed by atoms with van der Waals surface area (Å²) in [6, 6.07) is 41.2. The molecule has 3 N–H and O–H groups in total. The molecule has 0 fully saturated rings. The Morgan fingerprint density at radius 3 is 1.47 bits per heavy atom. The predicted octanol–water partition coefficient (Wildman–Crippen LogP) is 7.05. The van der Waals surface area contributed by atoms with Gasteiger partial charge in [-0.2, -0.15) is 0 Å². The molecular formula is C34H33ClN4O6S2. The Bertz CT molecular complexity index is 2010. The molecule has 0 aliphatic rings. The lowest BCUT2D eigenvalue weighted by Gasteiger charge is -2.04. The second-order valence-corrected chi connectivity index (χ2v) is 14.8. The summed E-state index contributed by atoms with van der Waals surface area (Å²) in [6.45, 7) is 0. The monoisotopic (exact) mass is 692 g/mol. The Morgan fingerprint density at radius 1 is 0.596 bits per heavy atom. The number of nitrogens with zero attached hydrogens (tertiary/aromatic N) is 2. The molecule has 13 heteroatoms. The highest BCUT2D eigenvalue weighted by atomic mass is 35.7. The molecule has 10 nitrogen and oxygen atoms in total. The molecule has 2 aromatic heterocycles. The predicted molar refractivity (Wildman–Crippen MR) is 186 cm³/mol. The number of nitrogen functional groups attached to an aromatic ring is 1. The van der Waals surface area contributed by atoms with Crippen LogP contribution in [0.2, 0.25) is 0 Å². The minimum absolute atomic E-state index is 0.00142. The lowest BCUT2D eigenvalue weighted by Crippen LogP contribution is -2.18. The van der Waals surface area contributed by atoms with Crippen LogP contribution in [-0.4, -0.2) is 38.7 Å². The highest BCUT2D eigenvalue weighted by Gasteiger charge is 2.14. The first-order chi connectivity index (χ1) is 22.6. The van der Waals surface area contributed by atoms with E-state index in [0.717, 1.165) is 22.3 Å². The van der Waals surface area contributed by atoms with Crippen molar-refractivity contribution in [2.45, 2.75) is 12.8 Å². The lowest BCUT2D eigenvalue weighted by atomic mass is 10.2. The molecule has 0 unspecified atom stereocenters. The summed E-state index contributed by atoms with van der Waals surface area (Å²) in [5.74, 6) is 1.81. The molecule has 0 saturated carbocycles. The third-order valence-corrected chi connectivity index (χ3v) is 8.81. The Morgan fingerprint density at radius 2 is 1.02 bits per heavy atom. The van der Waals surface area contributed by atoms with Gasteiger partial charge in [-0.15, -0.1) is 0 Å². The summed E-state index contributed by atoms with van der Waals surface area (Å²) in [7, 11) is -1.77. The van der Waals surface area contributed by atoms with Crippen LogP contribution in [0.4, 0.5) is 11.6 Å². The Hall–Kier alpha value is -4.91. The van der Waals surface area contributed by atoms with E-state index >= 15 is 0 Å². The fourth-order valence-corrected chi connectivity index (χ4v) is 5.81. The van der Waals surface area contributed by atoms with Crippen LogP contribution >= 0.6 is 10.7 Å². The minimum atomic E-state index is -3.47. The number of hydrogen-bond donors (Lipinski definition) is 2. The number of nitrogens with one attached hydrogen (secondary N) is 1. The zero-order valence-corrected chi connectivity index (χ0v) is 27.5. The first kappa shape index (κ1) is 35.0. The van der Waals surface area contributed by atoms with Crippen molar-refractivity contribution < 1.29 is 25.9 Å². The van der Waals surface area contributed by atoms with E-state index in [-0.39, 0.29) is 17.3 Å². The third kappa shape index (κ3) is 12.8. The SMILES string of the molecule is Nc1cc(-c2ccccc2)on1.O=S(=O)(CCc1ccccc1)Nc1cc(-c2ccccc2)on1.O=S(=O)(Cl)CCc1ccccc1. The van der Waals surface area contributed by atoms with Crippen molar-refractivity contribution in [3.05, 3.63) is 145 Å². The van der Waals surface area contributed by atoms with Crippen LogP contribution in [0, 0.1) is 0 Å². The van der Waals surface area contributed by atoms with Gasteiger partial charge in [0.25, 0.3) is 0 Å². The van der Waals surface area contributed by atoms with Crippen molar-refractivity contribution in [1.82, 2.24) is 10.3 Å². The normalized spacial score (nSPS) is 11.0. The third-order valence-electron chi connectivity index (χ3n) is 6.39. The van der Waals surface area contributed by atoms with Crippen molar-refractivity contribution >= 4 is 41.4 Å². The molecule has 0 radical (unpaired) electrons. The number of nitrogens with two attached hydrogens (primary N) is 1. The number of aromatic nitrogens is 2. The van der Waals surface area contributed by atoms with E-state index in [2.05, 4.69) is 15.0 Å². The summed E-state index contributed by atoms with van der Waals surface area (Å²) < 4.78 is 58.0. The largest absolute Gasteiger partial charge is 0.381 e. The molecule has 6 aromatic rings. The summed E-state index contributed by atoms with van der Waals surface area (Å²) >= 11 is 0. The fourth-order valence-electron chi connectivity index (χ4n) is 4.08. The van der Waals surface area contributed by atoms with E-state index in [4.69, 9.17) is 25.5 Å². The Balaban J connectivity index is 0.000000176. The molecule has 0 amide bonds. The molecule has 2 heterocycles. The van der Waals surface area contributed by atoms with Gasteiger partial charge in [-0.1, -0.05) is 132 Å². The summed E-state index contributed by atoms with van der Waals surface area (Å²) in [4.78, 5) is 0. The van der Waals surface area contributed by atoms with E-state index in [0.29, 0.717) is 30.2 Å². The second kappa shape index (κ2) is 17.1. The van der Waals surface area contributed by atoms with Crippen LogP contribution < -0.4 is 10.5 Å². The van der Waals surface area contributed by atoms with Gasteiger partial charge in [0.1, 0.15) is 0 Å². The van der Waals surface area contributed by atoms with Crippen LogP contribution in [0.3, 0.4) is 0 Å². The van der Waals surface area contributed by atoms with Gasteiger partial charge < -0.3 is 14.8 Å². The molecule has 47 heavy (non-hydrogen) atoms. The van der Waals surface area contributed by atoms with Crippen LogP contribution in [0.15, 0.2) is 143 Å². The number of anilines is 2. The molecule has 0 aliphatic carbocycles. The Kier molecular flexibility index (Phi) is 12.7. The maximum Gasteiger partial charge on any atom is 0.234 e. The van der Waals surface area contributed by atoms with Crippen molar-refractivity contribution in [1.29, 1.82) is 0 Å². The van der Waals surface area contributed by atoms with Gasteiger partial charge in [0.15, 0.2) is 23.2 Å². The topological polar surface area (TPSA) is 158 Å². The van der Waals surface area contributed by atoms with E-state index in [1.54, 1.807) is 12.1 Å². The number of hydrogen-bond acceptors (Lipinski definition) is 9. The molecule has 0 saturated heterocycles. The first-order valence-electron chi connectivity index (χ1n) is 14.4. The van der Waals surface area contributed by atoms with Gasteiger partial charge in [-0.3, -0.25) is 4.72 Å². The summed E-state index contributed by atoms with van der Waals surface area (Å²) in [5, 5.41) is 7.36. The molecule has 4 aromatic carbocycles. The van der Waals surface area contributed by atoms with Gasteiger partial charge >= 0.3 is 0 Å². The average molecular weight is 693 g/mol. The van der Waals surface area contributed by atoms with Gasteiger partial charge in [-0.25, -0.2) is 16.8 Å². The van der Waals surface area contributed by atoms with E-state index in [1.807, 2.05) is 121 Å². The maximum atomic E-state index is 12.1. The van der Waals surface area contributed by atoms with Gasteiger partial charge in [0.05, 0.1) is 11.5 Å². The number of aryl methyl sites for hydroxylation is 2. The molecule has 0 atom stereocenters. The highest BCUT2D eigenvalue weighted by Crippen LogP contribution is 2.23. The standard InChI is InChI=1S/C17H16N2O3S.C9H8N2O.C8H9ClO2S/c20-23(21,12-11-14-7-3-1-4-8-14)19-17-13-16(22-18-17)15-9-5-2-6-10-15;10-9-6-8(12-11-9)7-4-2-1-3-5-7;9-12(10,11)7-6-8-4-2-1-3-5-8/h1-10,13H,11-12H2,(H,18,19);1-6H,(H2,10,11);1-5H,6-7H2. The second-order valence-electron chi connectivity index (χ2n) is 10.1. The van der Waals surface area contributed by atoms with Crippen molar-refractivity contribution in [2.24, 2.45) is 0 Å². The van der Waals surface area contributed by atoms with E-state index in [1.165, 1.54) is 0 Å². The fraction of sp³-hybridized carbons (Fsp3) is 0.118. The van der Waals surface area contributed by atoms with E-state index in [9.17, 15) is 16.8 Å². The Labute approximate surface area is 278 Å². The summed E-state index contributed by atoms with van der Waals surface area (Å²) in [5.41, 5.74) is 9.20. The van der Waals surface area contributed by atoms with Gasteiger partial charge in [-0.05, 0) is 24.0 Å². The van der Waals surface area contributed by atoms with Crippen molar-refractivity contribution in [3.8, 4) is 22.6 Å². The van der Waals surface area contributed by atoms with Crippen molar-refractivity contribution in [2.75, 3.05) is 22.0 Å². The van der Waals surface area contributed by atoms with Gasteiger partial charge in [0.2, 0.25) is 19.1 Å². The molecule has 0 aliphatic heterocycles. The zero-order chi connectivity index (χ0) is 33.5. The number of sulfonamides is 1. The summed E-state index contributed by atoms with van der Waals surface area (Å²) in [6.07, 6.45) is 0.923.